The number of esters is 1. The molecule has 0 aromatic heterocycles. The maximum atomic E-state index is 11.2. The highest BCUT2D eigenvalue weighted by atomic mass is 16.5. The number of hydrogen-bond acceptors (Lipinski definition) is 2. The third-order valence-electron chi connectivity index (χ3n) is 1.97. The number of ether oxygens (including phenoxy) is 1. The van der Waals surface area contributed by atoms with E-state index in [4.69, 9.17) is 4.74 Å². The Labute approximate surface area is 84.9 Å². The standard InChI is InChI=1S/C12H16O2/c1-9(2)12(13)14-8-11-6-4-10(3)5-7-11/h4-7,9H,8H2,1-3H3. The number of aryl methyl sites for hydroxylation is 1. The van der Waals surface area contributed by atoms with Crippen molar-refractivity contribution in [2.45, 2.75) is 27.4 Å². The van der Waals surface area contributed by atoms with Gasteiger partial charge in [0.15, 0.2) is 0 Å². The molecule has 14 heavy (non-hydrogen) atoms. The summed E-state index contributed by atoms with van der Waals surface area (Å²) in [5.74, 6) is -0.203. The van der Waals surface area contributed by atoms with Gasteiger partial charge in [-0.25, -0.2) is 0 Å². The molecule has 0 bridgehead atoms. The molecule has 0 aliphatic heterocycles. The Morgan fingerprint density at radius 2 is 1.86 bits per heavy atom. The van der Waals surface area contributed by atoms with Crippen LogP contribution in [0.25, 0.3) is 0 Å². The van der Waals surface area contributed by atoms with Gasteiger partial charge in [-0.1, -0.05) is 43.7 Å². The Bertz CT molecular complexity index is 299. The van der Waals surface area contributed by atoms with E-state index in [1.54, 1.807) is 0 Å². The van der Waals surface area contributed by atoms with Crippen LogP contribution in [-0.2, 0) is 16.1 Å². The second-order valence-electron chi connectivity index (χ2n) is 3.75. The summed E-state index contributed by atoms with van der Waals surface area (Å²) < 4.78 is 5.09. The summed E-state index contributed by atoms with van der Waals surface area (Å²) in [7, 11) is 0. The average Bonchev–Trinajstić information content (AvgIpc) is 2.16. The maximum absolute atomic E-state index is 11.2. The largest absolute Gasteiger partial charge is 0.461 e. The highest BCUT2D eigenvalue weighted by Crippen LogP contribution is 2.06. The zero-order valence-corrected chi connectivity index (χ0v) is 8.91. The summed E-state index contributed by atoms with van der Waals surface area (Å²) in [6.07, 6.45) is 0. The summed E-state index contributed by atoms with van der Waals surface area (Å²) >= 11 is 0. The molecule has 0 N–H and O–H groups in total. The lowest BCUT2D eigenvalue weighted by Crippen LogP contribution is -2.11. The van der Waals surface area contributed by atoms with Crippen molar-refractivity contribution in [3.05, 3.63) is 35.4 Å². The Balaban J connectivity index is 2.46. The van der Waals surface area contributed by atoms with Crippen molar-refractivity contribution in [1.82, 2.24) is 0 Å². The van der Waals surface area contributed by atoms with Gasteiger partial charge in [0, 0.05) is 0 Å². The second-order valence-corrected chi connectivity index (χ2v) is 3.75. The van der Waals surface area contributed by atoms with E-state index in [1.807, 2.05) is 45.0 Å². The summed E-state index contributed by atoms with van der Waals surface area (Å²) in [5, 5.41) is 0. The number of hydrogen-bond donors (Lipinski definition) is 0. The average molecular weight is 192 g/mol. The molecule has 0 atom stereocenters. The minimum atomic E-state index is -0.148. The molecule has 0 unspecified atom stereocenters. The smallest absolute Gasteiger partial charge is 0.308 e. The third-order valence-corrected chi connectivity index (χ3v) is 1.97. The van der Waals surface area contributed by atoms with Crippen molar-refractivity contribution < 1.29 is 9.53 Å². The van der Waals surface area contributed by atoms with E-state index in [1.165, 1.54) is 5.56 Å². The van der Waals surface area contributed by atoms with Crippen LogP contribution in [0.4, 0.5) is 0 Å². The van der Waals surface area contributed by atoms with Crippen LogP contribution in [0.2, 0.25) is 0 Å². The lowest BCUT2D eigenvalue weighted by molar-refractivity contribution is -0.148. The molecular weight excluding hydrogens is 176 g/mol. The Morgan fingerprint density at radius 3 is 2.36 bits per heavy atom. The molecule has 76 valence electrons. The molecule has 2 heteroatoms. The number of benzene rings is 1. The molecule has 0 radical (unpaired) electrons. The van der Waals surface area contributed by atoms with Gasteiger partial charge in [-0.3, -0.25) is 4.79 Å². The fourth-order valence-corrected chi connectivity index (χ4v) is 1.01. The maximum Gasteiger partial charge on any atom is 0.308 e. The van der Waals surface area contributed by atoms with E-state index >= 15 is 0 Å². The zero-order chi connectivity index (χ0) is 10.6. The zero-order valence-electron chi connectivity index (χ0n) is 8.91. The molecule has 0 saturated heterocycles. The monoisotopic (exact) mass is 192 g/mol. The first-order valence-corrected chi connectivity index (χ1v) is 4.82. The number of carbonyl (C=O) groups is 1. The lowest BCUT2D eigenvalue weighted by Gasteiger charge is -2.06. The van der Waals surface area contributed by atoms with Gasteiger partial charge in [0.05, 0.1) is 5.92 Å². The fourth-order valence-electron chi connectivity index (χ4n) is 1.01. The molecule has 1 rings (SSSR count). The molecule has 0 amide bonds. The van der Waals surface area contributed by atoms with Crippen LogP contribution >= 0.6 is 0 Å². The van der Waals surface area contributed by atoms with Gasteiger partial charge in [0.1, 0.15) is 6.61 Å². The fraction of sp³-hybridized carbons (Fsp3) is 0.417. The highest BCUT2D eigenvalue weighted by Gasteiger charge is 2.07. The van der Waals surface area contributed by atoms with E-state index in [2.05, 4.69) is 0 Å². The number of carbonyl (C=O) groups excluding carboxylic acids is 1. The molecule has 1 aromatic rings. The molecular formula is C12H16O2. The topological polar surface area (TPSA) is 26.3 Å². The molecule has 2 nitrogen and oxygen atoms in total. The number of rotatable bonds is 3. The Kier molecular flexibility index (Phi) is 3.69. The first kappa shape index (κ1) is 10.8. The van der Waals surface area contributed by atoms with Crippen molar-refractivity contribution in [1.29, 1.82) is 0 Å². The SMILES string of the molecule is Cc1ccc(COC(=O)C(C)C)cc1. The van der Waals surface area contributed by atoms with Crippen LogP contribution in [0.5, 0.6) is 0 Å². The van der Waals surface area contributed by atoms with Gasteiger partial charge in [-0.2, -0.15) is 0 Å². The van der Waals surface area contributed by atoms with Crippen molar-refractivity contribution >= 4 is 5.97 Å². The second kappa shape index (κ2) is 4.80. The van der Waals surface area contributed by atoms with Gasteiger partial charge in [0.2, 0.25) is 0 Å². The molecule has 0 aliphatic carbocycles. The van der Waals surface area contributed by atoms with Crippen molar-refractivity contribution in [2.24, 2.45) is 5.92 Å². The predicted octanol–water partition coefficient (Wildman–Crippen LogP) is 2.69. The summed E-state index contributed by atoms with van der Waals surface area (Å²) in [5.41, 5.74) is 2.24. The van der Waals surface area contributed by atoms with Crippen LogP contribution in [0, 0.1) is 12.8 Å². The highest BCUT2D eigenvalue weighted by molar-refractivity contribution is 5.71. The van der Waals surface area contributed by atoms with Gasteiger partial charge in [-0.15, -0.1) is 0 Å². The summed E-state index contributed by atoms with van der Waals surface area (Å²) in [6.45, 7) is 6.07. The summed E-state index contributed by atoms with van der Waals surface area (Å²) in [4.78, 5) is 11.2. The van der Waals surface area contributed by atoms with Crippen LogP contribution in [0.3, 0.4) is 0 Å². The minimum absolute atomic E-state index is 0.0551. The van der Waals surface area contributed by atoms with Crippen LogP contribution in [0.15, 0.2) is 24.3 Å². The third kappa shape index (κ3) is 3.21. The molecule has 0 heterocycles. The Morgan fingerprint density at radius 1 is 1.29 bits per heavy atom. The molecule has 0 spiro atoms. The molecule has 0 fully saturated rings. The minimum Gasteiger partial charge on any atom is -0.461 e. The van der Waals surface area contributed by atoms with E-state index in [0.29, 0.717) is 6.61 Å². The van der Waals surface area contributed by atoms with Crippen molar-refractivity contribution in [3.8, 4) is 0 Å². The van der Waals surface area contributed by atoms with Crippen molar-refractivity contribution in [2.75, 3.05) is 0 Å². The first-order chi connectivity index (χ1) is 6.59. The van der Waals surface area contributed by atoms with Crippen molar-refractivity contribution in [3.63, 3.8) is 0 Å². The van der Waals surface area contributed by atoms with Crippen LogP contribution < -0.4 is 0 Å². The van der Waals surface area contributed by atoms with Crippen LogP contribution in [0.1, 0.15) is 25.0 Å². The van der Waals surface area contributed by atoms with E-state index in [9.17, 15) is 4.79 Å². The lowest BCUT2D eigenvalue weighted by atomic mass is 10.2. The van der Waals surface area contributed by atoms with Gasteiger partial charge in [-0.05, 0) is 12.5 Å². The van der Waals surface area contributed by atoms with Gasteiger partial charge in [0.25, 0.3) is 0 Å². The van der Waals surface area contributed by atoms with Gasteiger partial charge >= 0.3 is 5.97 Å². The Hall–Kier alpha value is -1.31. The quantitative estimate of drug-likeness (QED) is 0.688. The van der Waals surface area contributed by atoms with E-state index in [-0.39, 0.29) is 11.9 Å². The predicted molar refractivity (Wildman–Crippen MR) is 55.8 cm³/mol. The van der Waals surface area contributed by atoms with E-state index in [0.717, 1.165) is 5.56 Å². The first-order valence-electron chi connectivity index (χ1n) is 4.82. The molecule has 1 aromatic carbocycles. The molecule has 0 saturated carbocycles. The molecule has 0 aliphatic rings. The van der Waals surface area contributed by atoms with Crippen LogP contribution in [-0.4, -0.2) is 5.97 Å². The van der Waals surface area contributed by atoms with Gasteiger partial charge < -0.3 is 4.74 Å². The van der Waals surface area contributed by atoms with E-state index < -0.39 is 0 Å². The normalized spacial score (nSPS) is 10.3. The summed E-state index contributed by atoms with van der Waals surface area (Å²) in [6, 6.07) is 7.98.